The van der Waals surface area contributed by atoms with Gasteiger partial charge in [-0.15, -0.1) is 0 Å². The molecule has 1 fully saturated rings. The average molecular weight is 423 g/mol. The van der Waals surface area contributed by atoms with Crippen molar-refractivity contribution < 1.29 is 14.7 Å². The van der Waals surface area contributed by atoms with Crippen LogP contribution in [0.25, 0.3) is 0 Å². The molecular formula is C24H30N4O3. The van der Waals surface area contributed by atoms with E-state index in [1.54, 1.807) is 11.8 Å². The standard InChI is InChI=1S/C24H30N4O3/c1-13-12-20-21(22(25)27-15(3)26-20)23(29)28(13)19-10-8-18(9-11-19)17-6-4-16(5-7-17)14(2)24(30)31/h8-11,13-14,16-17H,4-7,12H2,1-3H3,(H,30,31)(H2,25,26,27)/t13?,14?,16-,17-. The molecule has 1 amide bonds. The van der Waals surface area contributed by atoms with E-state index < -0.39 is 5.97 Å². The summed E-state index contributed by atoms with van der Waals surface area (Å²) in [6, 6.07) is 8.20. The molecule has 164 valence electrons. The smallest absolute Gasteiger partial charge is 0.306 e. The lowest BCUT2D eigenvalue weighted by Gasteiger charge is -2.35. The van der Waals surface area contributed by atoms with Crippen molar-refractivity contribution >= 4 is 23.4 Å². The van der Waals surface area contributed by atoms with Crippen LogP contribution in [0.3, 0.4) is 0 Å². The lowest BCUT2D eigenvalue weighted by atomic mass is 9.74. The van der Waals surface area contributed by atoms with Gasteiger partial charge in [-0.3, -0.25) is 9.59 Å². The minimum absolute atomic E-state index is 0.0208. The Kier molecular flexibility index (Phi) is 5.69. The van der Waals surface area contributed by atoms with E-state index in [0.29, 0.717) is 23.7 Å². The van der Waals surface area contributed by atoms with Gasteiger partial charge in [0.2, 0.25) is 0 Å². The number of nitrogens with two attached hydrogens (primary N) is 1. The van der Waals surface area contributed by atoms with Crippen molar-refractivity contribution in [3.63, 3.8) is 0 Å². The molecule has 4 rings (SSSR count). The second-order valence-electron chi connectivity index (χ2n) is 9.04. The van der Waals surface area contributed by atoms with Crippen LogP contribution < -0.4 is 10.6 Å². The summed E-state index contributed by atoms with van der Waals surface area (Å²) in [7, 11) is 0. The number of rotatable bonds is 4. The predicted octanol–water partition coefficient (Wildman–Crippen LogP) is 3.95. The van der Waals surface area contributed by atoms with Crippen molar-refractivity contribution in [2.45, 2.75) is 64.8 Å². The Bertz CT molecular complexity index is 997. The summed E-state index contributed by atoms with van der Waals surface area (Å²) in [5.74, 6) is 0.399. The third-order valence-electron chi connectivity index (χ3n) is 7.00. The van der Waals surface area contributed by atoms with Crippen LogP contribution in [0.4, 0.5) is 11.5 Å². The fourth-order valence-electron chi connectivity index (χ4n) is 5.16. The molecule has 1 aliphatic heterocycles. The first-order chi connectivity index (χ1) is 14.8. The molecule has 0 saturated heterocycles. The van der Waals surface area contributed by atoms with E-state index in [4.69, 9.17) is 5.73 Å². The van der Waals surface area contributed by atoms with Gasteiger partial charge in [0.05, 0.1) is 11.6 Å². The van der Waals surface area contributed by atoms with E-state index in [-0.39, 0.29) is 29.6 Å². The number of hydrogen-bond donors (Lipinski definition) is 2. The van der Waals surface area contributed by atoms with Gasteiger partial charge in [-0.05, 0) is 69.1 Å². The first kappa shape index (κ1) is 21.3. The molecule has 2 aliphatic rings. The summed E-state index contributed by atoms with van der Waals surface area (Å²) in [6.07, 6.45) is 4.53. The number of aliphatic carboxylic acids is 1. The predicted molar refractivity (Wildman–Crippen MR) is 119 cm³/mol. The number of aromatic nitrogens is 2. The lowest BCUT2D eigenvalue weighted by molar-refractivity contribution is -0.143. The largest absolute Gasteiger partial charge is 0.481 e. The number of carbonyl (C=O) groups excluding carboxylic acids is 1. The van der Waals surface area contributed by atoms with Crippen LogP contribution in [0, 0.1) is 18.8 Å². The summed E-state index contributed by atoms with van der Waals surface area (Å²) in [6.45, 7) is 5.62. The van der Waals surface area contributed by atoms with Crippen LogP contribution in [-0.2, 0) is 11.2 Å². The summed E-state index contributed by atoms with van der Waals surface area (Å²) < 4.78 is 0. The van der Waals surface area contributed by atoms with E-state index >= 15 is 0 Å². The molecule has 0 spiro atoms. The quantitative estimate of drug-likeness (QED) is 0.772. The fraction of sp³-hybridized carbons (Fsp3) is 0.500. The Balaban J connectivity index is 1.50. The number of carboxylic acids is 1. The van der Waals surface area contributed by atoms with Crippen molar-refractivity contribution in [2.75, 3.05) is 10.6 Å². The van der Waals surface area contributed by atoms with Gasteiger partial charge in [-0.2, -0.15) is 0 Å². The molecule has 1 aromatic heterocycles. The SMILES string of the molecule is Cc1nc(N)c2c(n1)CC(C)N(c1ccc([C@H]3CC[C@H](C(C)C(=O)O)CC3)cc1)C2=O. The Morgan fingerprint density at radius 1 is 1.16 bits per heavy atom. The molecule has 1 aliphatic carbocycles. The maximum Gasteiger partial charge on any atom is 0.306 e. The zero-order chi connectivity index (χ0) is 22.3. The van der Waals surface area contributed by atoms with Crippen molar-refractivity contribution in [1.29, 1.82) is 0 Å². The van der Waals surface area contributed by atoms with Gasteiger partial charge < -0.3 is 15.7 Å². The Morgan fingerprint density at radius 2 is 1.81 bits per heavy atom. The van der Waals surface area contributed by atoms with E-state index in [0.717, 1.165) is 37.1 Å². The molecule has 2 aromatic rings. The second kappa shape index (κ2) is 8.29. The molecule has 2 atom stereocenters. The summed E-state index contributed by atoms with van der Waals surface area (Å²) in [5, 5.41) is 9.26. The highest BCUT2D eigenvalue weighted by Gasteiger charge is 2.34. The lowest BCUT2D eigenvalue weighted by Crippen LogP contribution is -2.45. The number of carbonyl (C=O) groups is 2. The number of fused-ring (bicyclic) bond motifs is 1. The van der Waals surface area contributed by atoms with E-state index in [1.165, 1.54) is 5.56 Å². The number of amides is 1. The highest BCUT2D eigenvalue weighted by atomic mass is 16.4. The van der Waals surface area contributed by atoms with Gasteiger partial charge in [0, 0.05) is 18.2 Å². The highest BCUT2D eigenvalue weighted by molar-refractivity contribution is 6.11. The first-order valence-corrected chi connectivity index (χ1v) is 11.1. The van der Waals surface area contributed by atoms with Crippen LogP contribution in [0.15, 0.2) is 24.3 Å². The molecule has 7 nitrogen and oxygen atoms in total. The molecule has 31 heavy (non-hydrogen) atoms. The summed E-state index contributed by atoms with van der Waals surface area (Å²) in [4.78, 5) is 34.9. The van der Waals surface area contributed by atoms with Crippen LogP contribution in [0.2, 0.25) is 0 Å². The average Bonchev–Trinajstić information content (AvgIpc) is 2.73. The number of carboxylic acid groups (broad SMARTS) is 1. The molecule has 7 heteroatoms. The summed E-state index contributed by atoms with van der Waals surface area (Å²) >= 11 is 0. The molecule has 0 bridgehead atoms. The molecule has 0 radical (unpaired) electrons. The number of nitrogen functional groups attached to an aromatic ring is 1. The van der Waals surface area contributed by atoms with Crippen LogP contribution in [0.1, 0.15) is 72.9 Å². The highest BCUT2D eigenvalue weighted by Crippen LogP contribution is 2.39. The zero-order valence-electron chi connectivity index (χ0n) is 18.3. The van der Waals surface area contributed by atoms with Gasteiger partial charge in [-0.1, -0.05) is 19.1 Å². The number of aryl methyl sites for hydroxylation is 1. The van der Waals surface area contributed by atoms with Gasteiger partial charge >= 0.3 is 5.97 Å². The Labute approximate surface area is 182 Å². The third kappa shape index (κ3) is 4.01. The maximum absolute atomic E-state index is 13.2. The maximum atomic E-state index is 13.2. The molecule has 2 heterocycles. The van der Waals surface area contributed by atoms with Gasteiger partial charge in [0.25, 0.3) is 5.91 Å². The number of benzene rings is 1. The number of anilines is 2. The van der Waals surface area contributed by atoms with Gasteiger partial charge in [0.15, 0.2) is 0 Å². The molecule has 1 aromatic carbocycles. The van der Waals surface area contributed by atoms with Crippen molar-refractivity contribution in [3.8, 4) is 0 Å². The van der Waals surface area contributed by atoms with E-state index in [1.807, 2.05) is 26.0 Å². The monoisotopic (exact) mass is 422 g/mol. The van der Waals surface area contributed by atoms with Crippen molar-refractivity contribution in [3.05, 3.63) is 46.9 Å². The summed E-state index contributed by atoms with van der Waals surface area (Å²) in [5.41, 5.74) is 9.29. The molecule has 1 saturated carbocycles. The topological polar surface area (TPSA) is 109 Å². The number of nitrogens with zero attached hydrogens (tertiary/aromatic N) is 3. The van der Waals surface area contributed by atoms with Crippen LogP contribution in [-0.4, -0.2) is 33.0 Å². The van der Waals surface area contributed by atoms with E-state index in [2.05, 4.69) is 22.1 Å². The van der Waals surface area contributed by atoms with Gasteiger partial charge in [-0.25, -0.2) is 9.97 Å². The minimum atomic E-state index is -0.698. The van der Waals surface area contributed by atoms with E-state index in [9.17, 15) is 14.7 Å². The molecular weight excluding hydrogens is 392 g/mol. The molecule has 2 unspecified atom stereocenters. The Hall–Kier alpha value is -2.96. The fourth-order valence-corrected chi connectivity index (χ4v) is 5.16. The van der Waals surface area contributed by atoms with Crippen LogP contribution in [0.5, 0.6) is 0 Å². The van der Waals surface area contributed by atoms with Crippen LogP contribution >= 0.6 is 0 Å². The number of hydrogen-bond acceptors (Lipinski definition) is 5. The first-order valence-electron chi connectivity index (χ1n) is 11.1. The van der Waals surface area contributed by atoms with Gasteiger partial charge in [0.1, 0.15) is 17.2 Å². The normalized spacial score (nSPS) is 24.5. The van der Waals surface area contributed by atoms with Crippen molar-refractivity contribution in [1.82, 2.24) is 9.97 Å². The molecule has 3 N–H and O–H groups in total. The zero-order valence-corrected chi connectivity index (χ0v) is 18.3. The Morgan fingerprint density at radius 3 is 2.42 bits per heavy atom. The minimum Gasteiger partial charge on any atom is -0.481 e. The second-order valence-corrected chi connectivity index (χ2v) is 9.04. The third-order valence-corrected chi connectivity index (χ3v) is 7.00. The van der Waals surface area contributed by atoms with Crippen molar-refractivity contribution in [2.24, 2.45) is 11.8 Å².